The molecule has 0 saturated carbocycles. The van der Waals surface area contributed by atoms with E-state index in [0.29, 0.717) is 6.42 Å². The summed E-state index contributed by atoms with van der Waals surface area (Å²) >= 11 is 0. The number of furan rings is 1. The Morgan fingerprint density at radius 1 is 1.38 bits per heavy atom. The lowest BCUT2D eigenvalue weighted by atomic mass is 10.2. The maximum absolute atomic E-state index is 10.3. The summed E-state index contributed by atoms with van der Waals surface area (Å²) in [5.74, 6) is 0.732. The molecule has 1 heterocycles. The number of benzene rings is 1. The second-order valence-corrected chi connectivity index (χ2v) is 3.12. The van der Waals surface area contributed by atoms with Crippen LogP contribution >= 0.6 is 0 Å². The molecule has 0 unspecified atom stereocenters. The molecule has 0 spiro atoms. The number of rotatable bonds is 2. The van der Waals surface area contributed by atoms with E-state index in [-0.39, 0.29) is 0 Å². The normalized spacial score (nSPS) is 10.5. The molecule has 2 aromatic rings. The summed E-state index contributed by atoms with van der Waals surface area (Å²) in [5, 5.41) is 1.06. The predicted octanol–water partition coefficient (Wildman–Crippen LogP) is 2.48. The van der Waals surface area contributed by atoms with Gasteiger partial charge in [0, 0.05) is 5.39 Å². The zero-order valence-corrected chi connectivity index (χ0v) is 7.41. The van der Waals surface area contributed by atoms with Crippen molar-refractivity contribution in [3.05, 3.63) is 35.6 Å². The van der Waals surface area contributed by atoms with Gasteiger partial charge >= 0.3 is 0 Å². The largest absolute Gasteiger partial charge is 0.461 e. The van der Waals surface area contributed by atoms with Gasteiger partial charge in [0.2, 0.25) is 0 Å². The Morgan fingerprint density at radius 2 is 2.23 bits per heavy atom. The predicted molar refractivity (Wildman–Crippen MR) is 50.7 cm³/mol. The van der Waals surface area contributed by atoms with Crippen molar-refractivity contribution < 1.29 is 9.21 Å². The number of hydrogen-bond acceptors (Lipinski definition) is 2. The van der Waals surface area contributed by atoms with Gasteiger partial charge in [-0.05, 0) is 24.6 Å². The fourth-order valence-corrected chi connectivity index (χ4v) is 1.38. The Hall–Kier alpha value is -1.57. The van der Waals surface area contributed by atoms with Crippen molar-refractivity contribution in [3.63, 3.8) is 0 Å². The molecule has 0 N–H and O–H groups in total. The molecular formula is C11H10O2. The van der Waals surface area contributed by atoms with Gasteiger partial charge in [-0.1, -0.05) is 12.1 Å². The lowest BCUT2D eigenvalue weighted by Crippen LogP contribution is -1.78. The van der Waals surface area contributed by atoms with Crippen molar-refractivity contribution >= 4 is 17.3 Å². The molecule has 66 valence electrons. The van der Waals surface area contributed by atoms with Gasteiger partial charge in [0.05, 0.1) is 6.42 Å². The highest BCUT2D eigenvalue weighted by molar-refractivity contribution is 5.79. The van der Waals surface area contributed by atoms with E-state index in [0.717, 1.165) is 23.0 Å². The van der Waals surface area contributed by atoms with Gasteiger partial charge in [0.25, 0.3) is 0 Å². The van der Waals surface area contributed by atoms with Gasteiger partial charge in [0.1, 0.15) is 17.6 Å². The molecule has 0 aliphatic rings. The van der Waals surface area contributed by atoms with Crippen molar-refractivity contribution in [2.24, 2.45) is 0 Å². The van der Waals surface area contributed by atoms with Crippen LogP contribution in [0.15, 0.2) is 28.7 Å². The van der Waals surface area contributed by atoms with E-state index in [1.807, 2.05) is 31.2 Å². The fourth-order valence-electron chi connectivity index (χ4n) is 1.38. The first kappa shape index (κ1) is 8.05. The number of carbonyl (C=O) groups is 1. The van der Waals surface area contributed by atoms with E-state index in [2.05, 4.69) is 0 Å². The summed E-state index contributed by atoms with van der Waals surface area (Å²) < 4.78 is 5.46. The Balaban J connectivity index is 2.55. The average molecular weight is 174 g/mol. The second kappa shape index (κ2) is 3.05. The highest BCUT2D eigenvalue weighted by Gasteiger charge is 2.02. The van der Waals surface area contributed by atoms with E-state index in [4.69, 9.17) is 4.42 Å². The third-order valence-corrected chi connectivity index (χ3v) is 2.01. The molecule has 1 aromatic heterocycles. The first-order valence-electron chi connectivity index (χ1n) is 4.22. The molecule has 1 aromatic carbocycles. The van der Waals surface area contributed by atoms with Crippen LogP contribution in [0.3, 0.4) is 0 Å². The summed E-state index contributed by atoms with van der Waals surface area (Å²) in [5.41, 5.74) is 2.02. The third kappa shape index (κ3) is 1.47. The molecule has 0 saturated heterocycles. The van der Waals surface area contributed by atoms with Crippen molar-refractivity contribution in [2.75, 3.05) is 0 Å². The van der Waals surface area contributed by atoms with Crippen molar-refractivity contribution in [1.29, 1.82) is 0 Å². The molecule has 0 bridgehead atoms. The van der Waals surface area contributed by atoms with Crippen LogP contribution < -0.4 is 0 Å². The van der Waals surface area contributed by atoms with Crippen molar-refractivity contribution in [2.45, 2.75) is 13.3 Å². The second-order valence-electron chi connectivity index (χ2n) is 3.12. The molecule has 2 nitrogen and oxygen atoms in total. The minimum absolute atomic E-state index is 0.355. The molecule has 0 amide bonds. The van der Waals surface area contributed by atoms with Gasteiger partial charge in [-0.2, -0.15) is 0 Å². The van der Waals surface area contributed by atoms with E-state index >= 15 is 0 Å². The highest BCUT2D eigenvalue weighted by atomic mass is 16.3. The van der Waals surface area contributed by atoms with Crippen LogP contribution in [0.1, 0.15) is 11.3 Å². The Labute approximate surface area is 76.2 Å². The molecular weight excluding hydrogens is 164 g/mol. The molecule has 2 heteroatoms. The molecule has 13 heavy (non-hydrogen) atoms. The monoisotopic (exact) mass is 174 g/mol. The van der Waals surface area contributed by atoms with Gasteiger partial charge in [0.15, 0.2) is 0 Å². The average Bonchev–Trinajstić information content (AvgIpc) is 2.46. The van der Waals surface area contributed by atoms with E-state index in [9.17, 15) is 4.79 Å². The Morgan fingerprint density at radius 3 is 3.00 bits per heavy atom. The zero-order valence-electron chi connectivity index (χ0n) is 7.41. The standard InChI is InChI=1S/C11H10O2/c1-8-2-3-9-7-10(4-5-12)13-11(9)6-8/h2-3,5-7H,4H2,1H3. The summed E-state index contributed by atoms with van der Waals surface area (Å²) in [6.07, 6.45) is 1.21. The van der Waals surface area contributed by atoms with E-state index in [1.54, 1.807) is 0 Å². The number of aryl methyl sites for hydroxylation is 1. The lowest BCUT2D eigenvalue weighted by Gasteiger charge is -1.89. The quantitative estimate of drug-likeness (QED) is 0.655. The van der Waals surface area contributed by atoms with Crippen molar-refractivity contribution in [3.8, 4) is 0 Å². The highest BCUT2D eigenvalue weighted by Crippen LogP contribution is 2.20. The van der Waals surface area contributed by atoms with Crippen LogP contribution in [0.5, 0.6) is 0 Å². The van der Waals surface area contributed by atoms with Crippen LogP contribution in [0, 0.1) is 6.92 Å². The number of carbonyl (C=O) groups excluding carboxylic acids is 1. The van der Waals surface area contributed by atoms with Crippen LogP contribution in [0.4, 0.5) is 0 Å². The minimum atomic E-state index is 0.355. The Bertz CT molecular complexity index is 440. The van der Waals surface area contributed by atoms with Gasteiger partial charge in [-0.15, -0.1) is 0 Å². The molecule has 0 aliphatic heterocycles. The first-order chi connectivity index (χ1) is 6.29. The van der Waals surface area contributed by atoms with Crippen LogP contribution in [0.2, 0.25) is 0 Å². The summed E-state index contributed by atoms with van der Waals surface area (Å²) in [7, 11) is 0. The van der Waals surface area contributed by atoms with Crippen LogP contribution in [-0.2, 0) is 11.2 Å². The fraction of sp³-hybridized carbons (Fsp3) is 0.182. The number of aldehydes is 1. The van der Waals surface area contributed by atoms with Gasteiger partial charge in [-0.3, -0.25) is 0 Å². The Kier molecular flexibility index (Phi) is 1.89. The SMILES string of the molecule is Cc1ccc2cc(CC=O)oc2c1. The molecule has 2 rings (SSSR count). The molecule has 0 radical (unpaired) electrons. The maximum Gasteiger partial charge on any atom is 0.134 e. The van der Waals surface area contributed by atoms with E-state index in [1.165, 1.54) is 5.56 Å². The van der Waals surface area contributed by atoms with Crippen molar-refractivity contribution in [1.82, 2.24) is 0 Å². The number of hydrogen-bond donors (Lipinski definition) is 0. The van der Waals surface area contributed by atoms with Crippen LogP contribution in [0.25, 0.3) is 11.0 Å². The maximum atomic E-state index is 10.3. The van der Waals surface area contributed by atoms with Gasteiger partial charge < -0.3 is 9.21 Å². The summed E-state index contributed by atoms with van der Waals surface area (Å²) in [6, 6.07) is 7.91. The first-order valence-corrected chi connectivity index (χ1v) is 4.22. The number of fused-ring (bicyclic) bond motifs is 1. The smallest absolute Gasteiger partial charge is 0.134 e. The third-order valence-electron chi connectivity index (χ3n) is 2.01. The summed E-state index contributed by atoms with van der Waals surface area (Å²) in [6.45, 7) is 2.02. The minimum Gasteiger partial charge on any atom is -0.461 e. The molecule has 0 atom stereocenters. The zero-order chi connectivity index (χ0) is 9.26. The molecule has 0 fully saturated rings. The summed E-state index contributed by atoms with van der Waals surface area (Å²) in [4.78, 5) is 10.3. The van der Waals surface area contributed by atoms with Gasteiger partial charge in [-0.25, -0.2) is 0 Å². The lowest BCUT2D eigenvalue weighted by molar-refractivity contribution is -0.107. The molecule has 0 aliphatic carbocycles. The van der Waals surface area contributed by atoms with Crippen LogP contribution in [-0.4, -0.2) is 6.29 Å². The topological polar surface area (TPSA) is 30.2 Å². The van der Waals surface area contributed by atoms with E-state index < -0.39 is 0 Å².